The van der Waals surface area contributed by atoms with Crippen LogP contribution in [-0.2, 0) is 17.8 Å². The molecule has 27 heavy (non-hydrogen) atoms. The third-order valence-electron chi connectivity index (χ3n) is 4.64. The molecule has 0 bridgehead atoms. The highest BCUT2D eigenvalue weighted by Crippen LogP contribution is 2.31. The minimum absolute atomic E-state index is 0. The van der Waals surface area contributed by atoms with Crippen LogP contribution in [0.4, 0.5) is 0 Å². The monoisotopic (exact) mass is 447 g/mol. The molecule has 1 unspecified atom stereocenters. The predicted octanol–water partition coefficient (Wildman–Crippen LogP) is 3.88. The van der Waals surface area contributed by atoms with Crippen molar-refractivity contribution in [3.8, 4) is 0 Å². The van der Waals surface area contributed by atoms with Crippen LogP contribution in [0.5, 0.6) is 0 Å². The van der Waals surface area contributed by atoms with Crippen molar-refractivity contribution in [1.29, 1.82) is 0 Å². The number of carbonyl (C=O) groups is 1. The van der Waals surface area contributed by atoms with Gasteiger partial charge in [0.1, 0.15) is 0 Å². The topological polar surface area (TPSA) is 58.4 Å². The molecule has 1 amide bonds. The lowest BCUT2D eigenvalue weighted by atomic mass is 10.0. The number of hydrogen-bond donors (Lipinski definition) is 2. The summed E-state index contributed by atoms with van der Waals surface area (Å²) in [5, 5.41) is 5.24. The number of hydrogen-bond acceptors (Lipinski definition) is 5. The van der Waals surface area contributed by atoms with Crippen molar-refractivity contribution in [2.24, 2.45) is 5.73 Å². The Kier molecular flexibility index (Phi) is 10.7. The van der Waals surface area contributed by atoms with Crippen molar-refractivity contribution in [3.63, 3.8) is 0 Å². The van der Waals surface area contributed by atoms with Crippen LogP contribution in [0.15, 0.2) is 40.6 Å². The lowest BCUT2D eigenvalue weighted by Crippen LogP contribution is -2.40. The third-order valence-corrected chi connectivity index (χ3v) is 6.41. The molecule has 4 nitrogen and oxygen atoms in total. The van der Waals surface area contributed by atoms with Crippen molar-refractivity contribution in [3.05, 3.63) is 51.7 Å². The van der Waals surface area contributed by atoms with E-state index in [1.807, 2.05) is 11.3 Å². The number of halogens is 2. The SMILES string of the molecule is CSc1ccc(C(CNC(=O)CCN)N2CCc3sccc3C2)cc1.Cl.Cl. The summed E-state index contributed by atoms with van der Waals surface area (Å²) in [6.07, 6.45) is 3.55. The minimum atomic E-state index is 0. The fraction of sp³-hybridized carbons (Fsp3) is 0.421. The summed E-state index contributed by atoms with van der Waals surface area (Å²) in [5.41, 5.74) is 8.17. The number of thiophene rings is 1. The molecule has 0 radical (unpaired) electrons. The minimum Gasteiger partial charge on any atom is -0.354 e. The van der Waals surface area contributed by atoms with Gasteiger partial charge in [0.05, 0.1) is 6.04 Å². The van der Waals surface area contributed by atoms with E-state index in [1.165, 1.54) is 20.9 Å². The number of nitrogens with zero attached hydrogens (tertiary/aromatic N) is 1. The second-order valence-electron chi connectivity index (χ2n) is 6.22. The van der Waals surface area contributed by atoms with Gasteiger partial charge in [-0.25, -0.2) is 0 Å². The van der Waals surface area contributed by atoms with E-state index in [9.17, 15) is 4.79 Å². The molecular formula is C19H27Cl2N3OS2. The highest BCUT2D eigenvalue weighted by molar-refractivity contribution is 7.98. The van der Waals surface area contributed by atoms with Crippen molar-refractivity contribution in [2.75, 3.05) is 25.9 Å². The number of nitrogens with one attached hydrogen (secondary N) is 1. The summed E-state index contributed by atoms with van der Waals surface area (Å²) in [7, 11) is 0. The Morgan fingerprint density at radius 1 is 1.30 bits per heavy atom. The van der Waals surface area contributed by atoms with E-state index in [1.54, 1.807) is 11.8 Å². The Morgan fingerprint density at radius 3 is 2.70 bits per heavy atom. The van der Waals surface area contributed by atoms with Crippen LogP contribution < -0.4 is 11.1 Å². The van der Waals surface area contributed by atoms with Crippen molar-refractivity contribution < 1.29 is 4.79 Å². The second kappa shape index (κ2) is 11.9. The maximum absolute atomic E-state index is 11.9. The lowest BCUT2D eigenvalue weighted by molar-refractivity contribution is -0.121. The maximum Gasteiger partial charge on any atom is 0.221 e. The zero-order valence-corrected chi connectivity index (χ0v) is 18.6. The molecule has 0 spiro atoms. The molecule has 2 heterocycles. The zero-order chi connectivity index (χ0) is 17.6. The van der Waals surface area contributed by atoms with Gasteiger partial charge in [-0.15, -0.1) is 47.9 Å². The summed E-state index contributed by atoms with van der Waals surface area (Å²) in [6.45, 7) is 2.98. The van der Waals surface area contributed by atoms with Gasteiger partial charge in [-0.2, -0.15) is 0 Å². The summed E-state index contributed by atoms with van der Waals surface area (Å²) in [4.78, 5) is 17.1. The quantitative estimate of drug-likeness (QED) is 0.632. The normalized spacial score (nSPS) is 14.4. The Hall–Kier alpha value is -0.760. The molecule has 0 saturated heterocycles. The van der Waals surface area contributed by atoms with Crippen LogP contribution in [0.1, 0.15) is 28.5 Å². The lowest BCUT2D eigenvalue weighted by Gasteiger charge is -2.35. The highest BCUT2D eigenvalue weighted by Gasteiger charge is 2.25. The van der Waals surface area contributed by atoms with E-state index in [0.717, 1.165) is 19.5 Å². The molecule has 0 fully saturated rings. The fourth-order valence-corrected chi connectivity index (χ4v) is 4.55. The summed E-state index contributed by atoms with van der Waals surface area (Å²) >= 11 is 3.60. The molecule has 1 aliphatic heterocycles. The van der Waals surface area contributed by atoms with E-state index in [0.29, 0.717) is 19.5 Å². The fourth-order valence-electron chi connectivity index (χ4n) is 3.25. The van der Waals surface area contributed by atoms with Crippen LogP contribution in [-0.4, -0.2) is 36.7 Å². The molecular weight excluding hydrogens is 421 g/mol. The first kappa shape index (κ1) is 24.3. The first-order valence-electron chi connectivity index (χ1n) is 8.61. The molecule has 0 saturated carbocycles. The predicted molar refractivity (Wildman–Crippen MR) is 121 cm³/mol. The van der Waals surface area contributed by atoms with Crippen LogP contribution in [0.3, 0.4) is 0 Å². The molecule has 1 aliphatic rings. The van der Waals surface area contributed by atoms with Crippen LogP contribution in [0.2, 0.25) is 0 Å². The number of thioether (sulfide) groups is 1. The van der Waals surface area contributed by atoms with Gasteiger partial charge < -0.3 is 11.1 Å². The summed E-state index contributed by atoms with van der Waals surface area (Å²) < 4.78 is 0. The average molecular weight is 448 g/mol. The molecule has 1 aromatic carbocycles. The van der Waals surface area contributed by atoms with Gasteiger partial charge in [-0.05, 0) is 47.4 Å². The first-order valence-corrected chi connectivity index (χ1v) is 10.7. The molecule has 150 valence electrons. The maximum atomic E-state index is 11.9. The van der Waals surface area contributed by atoms with E-state index < -0.39 is 0 Å². The van der Waals surface area contributed by atoms with Crippen LogP contribution in [0.25, 0.3) is 0 Å². The van der Waals surface area contributed by atoms with Crippen LogP contribution >= 0.6 is 47.9 Å². The summed E-state index contributed by atoms with van der Waals surface area (Å²) in [6, 6.07) is 11.1. The second-order valence-corrected chi connectivity index (χ2v) is 8.10. The third kappa shape index (κ3) is 6.38. The molecule has 3 N–H and O–H groups in total. The number of carbonyl (C=O) groups excluding carboxylic acids is 1. The molecule has 8 heteroatoms. The van der Waals surface area contributed by atoms with Gasteiger partial charge in [-0.1, -0.05) is 12.1 Å². The highest BCUT2D eigenvalue weighted by atomic mass is 35.5. The number of fused-ring (bicyclic) bond motifs is 1. The molecule has 1 atom stereocenters. The Balaban J connectivity index is 0.00000182. The Morgan fingerprint density at radius 2 is 2.04 bits per heavy atom. The molecule has 1 aromatic heterocycles. The number of benzene rings is 1. The van der Waals surface area contributed by atoms with Gasteiger partial charge in [-0.3, -0.25) is 9.69 Å². The van der Waals surface area contributed by atoms with Crippen molar-refractivity contribution in [2.45, 2.75) is 30.3 Å². The first-order chi connectivity index (χ1) is 12.2. The van der Waals surface area contributed by atoms with Gasteiger partial charge in [0.2, 0.25) is 5.91 Å². The summed E-state index contributed by atoms with van der Waals surface area (Å²) in [5.74, 6) is 0.0291. The van der Waals surface area contributed by atoms with E-state index in [4.69, 9.17) is 5.73 Å². The number of nitrogens with two attached hydrogens (primary N) is 1. The van der Waals surface area contributed by atoms with Gasteiger partial charge in [0, 0.05) is 42.4 Å². The number of amides is 1. The van der Waals surface area contributed by atoms with Gasteiger partial charge >= 0.3 is 0 Å². The molecule has 0 aliphatic carbocycles. The van der Waals surface area contributed by atoms with E-state index in [2.05, 4.69) is 52.2 Å². The smallest absolute Gasteiger partial charge is 0.221 e. The van der Waals surface area contributed by atoms with Crippen molar-refractivity contribution >= 4 is 53.8 Å². The average Bonchev–Trinajstić information content (AvgIpc) is 3.10. The Labute approximate surface area is 182 Å². The molecule has 3 rings (SSSR count). The number of rotatable bonds is 7. The van der Waals surface area contributed by atoms with Gasteiger partial charge in [0.25, 0.3) is 0 Å². The zero-order valence-electron chi connectivity index (χ0n) is 15.3. The van der Waals surface area contributed by atoms with E-state index in [-0.39, 0.29) is 36.8 Å². The standard InChI is InChI=1S/C19H25N3OS2.2ClH/c1-24-16-4-2-14(3-5-16)17(12-21-19(23)6-9-20)22-10-7-18-15(13-22)8-11-25-18;;/h2-5,8,11,17H,6-7,9-10,12-13,20H2,1H3,(H,21,23);2*1H. The Bertz CT molecular complexity index is 709. The van der Waals surface area contributed by atoms with E-state index >= 15 is 0 Å². The van der Waals surface area contributed by atoms with Gasteiger partial charge in [0.15, 0.2) is 0 Å². The van der Waals surface area contributed by atoms with Crippen molar-refractivity contribution in [1.82, 2.24) is 10.2 Å². The van der Waals surface area contributed by atoms with Crippen LogP contribution in [0, 0.1) is 0 Å². The molecule has 2 aromatic rings. The largest absolute Gasteiger partial charge is 0.354 e.